The predicted octanol–water partition coefficient (Wildman–Crippen LogP) is 3.30. The van der Waals surface area contributed by atoms with E-state index in [4.69, 9.17) is 0 Å². The second-order valence-electron chi connectivity index (χ2n) is 5.32. The standard InChI is InChI=1S/C16H15N3O5/c1-10-4-3-5-11(2)16(10)17-15(20)8-12-6-7-13(18(21)22)9-14(12)19(23)24/h3-7,9H,8H2,1-2H3,(H,17,20). The van der Waals surface area contributed by atoms with E-state index in [-0.39, 0.29) is 17.7 Å². The first-order valence-electron chi connectivity index (χ1n) is 7.07. The Morgan fingerprint density at radius 2 is 1.67 bits per heavy atom. The summed E-state index contributed by atoms with van der Waals surface area (Å²) >= 11 is 0. The molecule has 8 heteroatoms. The van der Waals surface area contributed by atoms with Crippen molar-refractivity contribution in [1.82, 2.24) is 0 Å². The van der Waals surface area contributed by atoms with Crippen LogP contribution in [0.4, 0.5) is 17.1 Å². The van der Waals surface area contributed by atoms with E-state index in [0.29, 0.717) is 5.69 Å². The Morgan fingerprint density at radius 1 is 1.04 bits per heavy atom. The largest absolute Gasteiger partial charge is 0.325 e. The fourth-order valence-corrected chi connectivity index (χ4v) is 2.35. The van der Waals surface area contributed by atoms with E-state index in [1.165, 1.54) is 6.07 Å². The summed E-state index contributed by atoms with van der Waals surface area (Å²) in [5.74, 6) is -0.427. The van der Waals surface area contributed by atoms with Crippen molar-refractivity contribution in [3.8, 4) is 0 Å². The zero-order valence-corrected chi connectivity index (χ0v) is 13.1. The lowest BCUT2D eigenvalue weighted by Crippen LogP contribution is -2.16. The number of non-ortho nitro benzene ring substituents is 1. The number of nitrogens with one attached hydrogen (secondary N) is 1. The molecule has 0 heterocycles. The van der Waals surface area contributed by atoms with Crippen LogP contribution in [0.2, 0.25) is 0 Å². The molecule has 1 N–H and O–H groups in total. The molecular weight excluding hydrogens is 314 g/mol. The minimum atomic E-state index is -0.728. The molecule has 0 fully saturated rings. The highest BCUT2D eigenvalue weighted by molar-refractivity contribution is 5.94. The maximum absolute atomic E-state index is 12.2. The Morgan fingerprint density at radius 3 is 2.21 bits per heavy atom. The van der Waals surface area contributed by atoms with Gasteiger partial charge in [-0.05, 0) is 31.0 Å². The highest BCUT2D eigenvalue weighted by Gasteiger charge is 2.21. The van der Waals surface area contributed by atoms with E-state index in [9.17, 15) is 25.0 Å². The molecule has 0 aliphatic rings. The van der Waals surface area contributed by atoms with Crippen LogP contribution < -0.4 is 5.32 Å². The molecule has 2 aromatic carbocycles. The highest BCUT2D eigenvalue weighted by atomic mass is 16.6. The quantitative estimate of drug-likeness (QED) is 0.667. The van der Waals surface area contributed by atoms with Crippen LogP contribution in [0.15, 0.2) is 36.4 Å². The fourth-order valence-electron chi connectivity index (χ4n) is 2.35. The van der Waals surface area contributed by atoms with Crippen LogP contribution in [0.25, 0.3) is 0 Å². The number of carbonyl (C=O) groups is 1. The highest BCUT2D eigenvalue weighted by Crippen LogP contribution is 2.26. The van der Waals surface area contributed by atoms with Gasteiger partial charge in [-0.1, -0.05) is 18.2 Å². The van der Waals surface area contributed by atoms with Crippen molar-refractivity contribution >= 4 is 23.0 Å². The third kappa shape index (κ3) is 3.72. The number of hydrogen-bond donors (Lipinski definition) is 1. The summed E-state index contributed by atoms with van der Waals surface area (Å²) in [5, 5.41) is 24.6. The minimum absolute atomic E-state index is 0.120. The molecule has 0 spiro atoms. The molecule has 8 nitrogen and oxygen atoms in total. The van der Waals surface area contributed by atoms with Gasteiger partial charge >= 0.3 is 0 Å². The molecule has 0 aliphatic carbocycles. The second kappa shape index (κ2) is 6.86. The van der Waals surface area contributed by atoms with Gasteiger partial charge in [0.1, 0.15) is 0 Å². The number of amides is 1. The van der Waals surface area contributed by atoms with Crippen molar-refractivity contribution < 1.29 is 14.6 Å². The minimum Gasteiger partial charge on any atom is -0.325 e. The smallest absolute Gasteiger partial charge is 0.279 e. The molecule has 0 aliphatic heterocycles. The molecule has 0 atom stereocenters. The summed E-state index contributed by atoms with van der Waals surface area (Å²) in [4.78, 5) is 32.6. The van der Waals surface area contributed by atoms with E-state index < -0.39 is 21.4 Å². The number of aryl methyl sites for hydroxylation is 2. The normalized spacial score (nSPS) is 10.2. The van der Waals surface area contributed by atoms with Crippen LogP contribution in [-0.2, 0) is 11.2 Å². The lowest BCUT2D eigenvalue weighted by Gasteiger charge is -2.11. The third-order valence-electron chi connectivity index (χ3n) is 3.57. The number of rotatable bonds is 5. The molecule has 0 radical (unpaired) electrons. The topological polar surface area (TPSA) is 115 Å². The Labute approximate surface area is 137 Å². The summed E-state index contributed by atoms with van der Waals surface area (Å²) in [6, 6.07) is 8.80. The van der Waals surface area contributed by atoms with Gasteiger partial charge in [-0.25, -0.2) is 0 Å². The SMILES string of the molecule is Cc1cccc(C)c1NC(=O)Cc1ccc([N+](=O)[O-])cc1[N+](=O)[O-]. The molecule has 2 rings (SSSR count). The number of nitro groups is 2. The first-order valence-corrected chi connectivity index (χ1v) is 7.07. The summed E-state index contributed by atoms with van der Waals surface area (Å²) in [7, 11) is 0. The van der Waals surface area contributed by atoms with E-state index in [1.807, 2.05) is 32.0 Å². The maximum atomic E-state index is 12.2. The number of anilines is 1. The summed E-state index contributed by atoms with van der Waals surface area (Å²) in [6.07, 6.45) is -0.248. The molecule has 2 aromatic rings. The summed E-state index contributed by atoms with van der Waals surface area (Å²) in [6.45, 7) is 3.69. The number of carbonyl (C=O) groups excluding carboxylic acids is 1. The van der Waals surface area contributed by atoms with Crippen LogP contribution in [0, 0.1) is 34.1 Å². The van der Waals surface area contributed by atoms with Crippen LogP contribution in [0.3, 0.4) is 0 Å². The zero-order valence-electron chi connectivity index (χ0n) is 13.1. The fraction of sp³-hybridized carbons (Fsp3) is 0.188. The van der Waals surface area contributed by atoms with Crippen molar-refractivity contribution in [2.45, 2.75) is 20.3 Å². The molecule has 1 amide bonds. The first-order chi connectivity index (χ1) is 11.3. The predicted molar refractivity (Wildman–Crippen MR) is 88.0 cm³/mol. The van der Waals surface area contributed by atoms with Gasteiger partial charge in [0.25, 0.3) is 11.4 Å². The van der Waals surface area contributed by atoms with Gasteiger partial charge in [0.15, 0.2) is 0 Å². The molecule has 0 bridgehead atoms. The van der Waals surface area contributed by atoms with Crippen molar-refractivity contribution in [3.05, 3.63) is 73.3 Å². The van der Waals surface area contributed by atoms with Gasteiger partial charge in [-0.3, -0.25) is 25.0 Å². The van der Waals surface area contributed by atoms with Crippen LogP contribution in [0.1, 0.15) is 16.7 Å². The van der Waals surface area contributed by atoms with Gasteiger partial charge in [0, 0.05) is 17.3 Å². The number of benzene rings is 2. The Hall–Kier alpha value is -3.29. The number of hydrogen-bond acceptors (Lipinski definition) is 5. The van der Waals surface area contributed by atoms with Gasteiger partial charge in [-0.2, -0.15) is 0 Å². The average molecular weight is 329 g/mol. The van der Waals surface area contributed by atoms with Gasteiger partial charge in [0.05, 0.1) is 22.3 Å². The van der Waals surface area contributed by atoms with E-state index >= 15 is 0 Å². The molecule has 0 saturated heterocycles. The maximum Gasteiger partial charge on any atom is 0.279 e. The first kappa shape index (κ1) is 17.1. The summed E-state index contributed by atoms with van der Waals surface area (Å²) in [5.41, 5.74) is 1.70. The van der Waals surface area contributed by atoms with Crippen LogP contribution in [-0.4, -0.2) is 15.8 Å². The molecule has 0 saturated carbocycles. The monoisotopic (exact) mass is 329 g/mol. The number of nitrogens with zero attached hydrogens (tertiary/aromatic N) is 2. The number of para-hydroxylation sites is 1. The van der Waals surface area contributed by atoms with Gasteiger partial charge in [-0.15, -0.1) is 0 Å². The number of nitro benzene ring substituents is 2. The van der Waals surface area contributed by atoms with E-state index in [0.717, 1.165) is 23.3 Å². The second-order valence-corrected chi connectivity index (χ2v) is 5.32. The lowest BCUT2D eigenvalue weighted by atomic mass is 10.1. The Bertz CT molecular complexity index is 812. The molecule has 24 heavy (non-hydrogen) atoms. The Kier molecular flexibility index (Phi) is 4.88. The lowest BCUT2D eigenvalue weighted by molar-refractivity contribution is -0.394. The van der Waals surface area contributed by atoms with Gasteiger partial charge in [0.2, 0.25) is 5.91 Å². The molecule has 0 aromatic heterocycles. The van der Waals surface area contributed by atoms with Crippen molar-refractivity contribution in [2.24, 2.45) is 0 Å². The molecule has 0 unspecified atom stereocenters. The van der Waals surface area contributed by atoms with Crippen molar-refractivity contribution in [2.75, 3.05) is 5.32 Å². The van der Waals surface area contributed by atoms with Crippen LogP contribution >= 0.6 is 0 Å². The molecule has 124 valence electrons. The average Bonchev–Trinajstić information content (AvgIpc) is 2.51. The van der Waals surface area contributed by atoms with E-state index in [2.05, 4.69) is 5.32 Å². The third-order valence-corrected chi connectivity index (χ3v) is 3.57. The Balaban J connectivity index is 2.26. The van der Waals surface area contributed by atoms with Crippen molar-refractivity contribution in [3.63, 3.8) is 0 Å². The zero-order chi connectivity index (χ0) is 17.9. The van der Waals surface area contributed by atoms with Crippen molar-refractivity contribution in [1.29, 1.82) is 0 Å². The summed E-state index contributed by atoms with van der Waals surface area (Å²) < 4.78 is 0. The van der Waals surface area contributed by atoms with Gasteiger partial charge < -0.3 is 5.32 Å². The molecular formula is C16H15N3O5. The van der Waals surface area contributed by atoms with Crippen LogP contribution in [0.5, 0.6) is 0 Å². The van der Waals surface area contributed by atoms with E-state index in [1.54, 1.807) is 0 Å².